The lowest BCUT2D eigenvalue weighted by molar-refractivity contribution is -0.137. The molecule has 3 rings (SSSR count). The molecule has 3 aromatic rings. The summed E-state index contributed by atoms with van der Waals surface area (Å²) in [6.45, 7) is 5.45. The van der Waals surface area contributed by atoms with Gasteiger partial charge in [0, 0.05) is 5.69 Å². The first-order valence-corrected chi connectivity index (χ1v) is 9.67. The zero-order chi connectivity index (χ0) is 21.2. The molecule has 5 nitrogen and oxygen atoms in total. The normalized spacial score (nSPS) is 12.6. The summed E-state index contributed by atoms with van der Waals surface area (Å²) in [4.78, 5) is 12.5. The molecular weight excluding hydrogens is 401 g/mol. The fourth-order valence-electron chi connectivity index (χ4n) is 2.74. The largest absolute Gasteiger partial charge is 0.416 e. The molecule has 1 amide bonds. The lowest BCUT2D eigenvalue weighted by atomic mass is 10.2. The molecule has 1 atom stereocenters. The second kappa shape index (κ2) is 8.28. The first-order chi connectivity index (χ1) is 13.7. The van der Waals surface area contributed by atoms with E-state index in [2.05, 4.69) is 15.5 Å². The number of carbonyl (C=O) groups excluding carboxylic acids is 1. The van der Waals surface area contributed by atoms with Crippen molar-refractivity contribution in [3.8, 4) is 5.69 Å². The van der Waals surface area contributed by atoms with E-state index in [0.717, 1.165) is 23.4 Å². The standard InChI is InChI=1S/C20H19F3N4OS/c1-12-7-4-5-10-17(12)27-14(3)25-26-19(27)29-13(2)18(28)24-16-9-6-8-15(11-16)20(21,22)23/h4-11,13H,1-3H3,(H,24,28). The number of para-hydroxylation sites is 1. The van der Waals surface area contributed by atoms with Gasteiger partial charge in [-0.2, -0.15) is 13.2 Å². The third-order valence-electron chi connectivity index (χ3n) is 4.26. The third-order valence-corrected chi connectivity index (χ3v) is 5.30. The molecule has 0 aliphatic heterocycles. The Morgan fingerprint density at radius 1 is 1.10 bits per heavy atom. The van der Waals surface area contributed by atoms with Crippen molar-refractivity contribution in [1.82, 2.24) is 14.8 Å². The van der Waals surface area contributed by atoms with Crippen molar-refractivity contribution >= 4 is 23.4 Å². The number of alkyl halides is 3. The third kappa shape index (κ3) is 4.79. The molecule has 0 spiro atoms. The van der Waals surface area contributed by atoms with Gasteiger partial charge < -0.3 is 5.32 Å². The van der Waals surface area contributed by atoms with Crippen LogP contribution in [-0.4, -0.2) is 25.9 Å². The summed E-state index contributed by atoms with van der Waals surface area (Å²) in [5, 5.41) is 10.7. The van der Waals surface area contributed by atoms with E-state index >= 15 is 0 Å². The lowest BCUT2D eigenvalue weighted by Crippen LogP contribution is -2.23. The van der Waals surface area contributed by atoms with E-state index in [4.69, 9.17) is 0 Å². The average molecular weight is 420 g/mol. The van der Waals surface area contributed by atoms with E-state index in [1.54, 1.807) is 6.92 Å². The van der Waals surface area contributed by atoms with Crippen molar-refractivity contribution < 1.29 is 18.0 Å². The molecule has 0 aliphatic carbocycles. The number of thioether (sulfide) groups is 1. The molecule has 0 saturated carbocycles. The number of anilines is 1. The summed E-state index contributed by atoms with van der Waals surface area (Å²) in [5.74, 6) is 0.249. The smallest absolute Gasteiger partial charge is 0.325 e. The van der Waals surface area contributed by atoms with Crippen LogP contribution >= 0.6 is 11.8 Å². The van der Waals surface area contributed by atoms with Gasteiger partial charge in [-0.25, -0.2) is 0 Å². The van der Waals surface area contributed by atoms with E-state index < -0.39 is 22.9 Å². The van der Waals surface area contributed by atoms with Gasteiger partial charge in [0.1, 0.15) is 5.82 Å². The molecule has 9 heteroatoms. The van der Waals surface area contributed by atoms with Crippen LogP contribution in [0.25, 0.3) is 5.69 Å². The first-order valence-electron chi connectivity index (χ1n) is 8.79. The number of hydrogen-bond acceptors (Lipinski definition) is 4. The number of carbonyl (C=O) groups is 1. The van der Waals surface area contributed by atoms with Gasteiger partial charge in [0.25, 0.3) is 0 Å². The Hall–Kier alpha value is -2.81. The highest BCUT2D eigenvalue weighted by molar-refractivity contribution is 8.00. The Bertz CT molecular complexity index is 1030. The number of halogens is 3. The van der Waals surface area contributed by atoms with Gasteiger partial charge in [-0.05, 0) is 50.6 Å². The number of amides is 1. The van der Waals surface area contributed by atoms with Gasteiger partial charge >= 0.3 is 6.18 Å². The maximum Gasteiger partial charge on any atom is 0.416 e. The Kier molecular flexibility index (Phi) is 5.97. The fraction of sp³-hybridized carbons (Fsp3) is 0.250. The predicted molar refractivity (Wildman–Crippen MR) is 106 cm³/mol. The maximum absolute atomic E-state index is 12.9. The molecule has 1 aromatic heterocycles. The van der Waals surface area contributed by atoms with Gasteiger partial charge in [-0.15, -0.1) is 10.2 Å². The minimum atomic E-state index is -4.47. The Labute approximate surface area is 170 Å². The van der Waals surface area contributed by atoms with Crippen LogP contribution in [0.3, 0.4) is 0 Å². The van der Waals surface area contributed by atoms with Gasteiger partial charge in [0.2, 0.25) is 5.91 Å². The number of nitrogens with one attached hydrogen (secondary N) is 1. The summed E-state index contributed by atoms with van der Waals surface area (Å²) in [5.41, 5.74) is 1.21. The predicted octanol–water partition coefficient (Wildman–Crippen LogP) is 5.02. The number of aryl methyl sites for hydroxylation is 2. The van der Waals surface area contributed by atoms with Crippen molar-refractivity contribution in [2.45, 2.75) is 37.4 Å². The summed E-state index contributed by atoms with van der Waals surface area (Å²) in [6, 6.07) is 12.3. The van der Waals surface area contributed by atoms with Crippen LogP contribution in [-0.2, 0) is 11.0 Å². The quantitative estimate of drug-likeness (QED) is 0.589. The summed E-state index contributed by atoms with van der Waals surface area (Å²) < 4.78 is 40.4. The summed E-state index contributed by atoms with van der Waals surface area (Å²) in [6.07, 6.45) is -4.47. The molecule has 1 N–H and O–H groups in total. The molecule has 0 bridgehead atoms. The minimum absolute atomic E-state index is 0.0915. The topological polar surface area (TPSA) is 59.8 Å². The van der Waals surface area contributed by atoms with Crippen molar-refractivity contribution in [2.75, 3.05) is 5.32 Å². The van der Waals surface area contributed by atoms with E-state index in [0.29, 0.717) is 11.0 Å². The molecule has 29 heavy (non-hydrogen) atoms. The highest BCUT2D eigenvalue weighted by Crippen LogP contribution is 2.31. The molecule has 152 valence electrons. The monoisotopic (exact) mass is 420 g/mol. The second-order valence-corrected chi connectivity index (χ2v) is 7.79. The van der Waals surface area contributed by atoms with Crippen LogP contribution in [0.2, 0.25) is 0 Å². The zero-order valence-corrected chi connectivity index (χ0v) is 16.8. The molecule has 2 aromatic carbocycles. The van der Waals surface area contributed by atoms with Crippen LogP contribution in [0.1, 0.15) is 23.9 Å². The SMILES string of the molecule is Cc1ccccc1-n1c(C)nnc1SC(C)C(=O)Nc1cccc(C(F)(F)F)c1. The maximum atomic E-state index is 12.9. The molecule has 1 heterocycles. The lowest BCUT2D eigenvalue weighted by Gasteiger charge is -2.15. The van der Waals surface area contributed by atoms with Crippen molar-refractivity contribution in [1.29, 1.82) is 0 Å². The number of hydrogen-bond donors (Lipinski definition) is 1. The molecule has 0 aliphatic rings. The van der Waals surface area contributed by atoms with Crippen LogP contribution in [0.4, 0.5) is 18.9 Å². The Morgan fingerprint density at radius 2 is 1.83 bits per heavy atom. The Balaban J connectivity index is 1.77. The first kappa shape index (κ1) is 20.9. The molecular formula is C20H19F3N4OS. The van der Waals surface area contributed by atoms with E-state index in [9.17, 15) is 18.0 Å². The number of aromatic nitrogens is 3. The second-order valence-electron chi connectivity index (χ2n) is 6.48. The van der Waals surface area contributed by atoms with E-state index in [-0.39, 0.29) is 5.69 Å². The number of rotatable bonds is 5. The van der Waals surface area contributed by atoms with Crippen molar-refractivity contribution in [2.24, 2.45) is 0 Å². The van der Waals surface area contributed by atoms with Gasteiger partial charge in [0.05, 0.1) is 16.5 Å². The van der Waals surface area contributed by atoms with Crippen molar-refractivity contribution in [3.63, 3.8) is 0 Å². The molecule has 0 radical (unpaired) electrons. The van der Waals surface area contributed by atoms with Crippen LogP contribution < -0.4 is 5.32 Å². The highest BCUT2D eigenvalue weighted by atomic mass is 32.2. The van der Waals surface area contributed by atoms with Crippen LogP contribution in [0.15, 0.2) is 53.7 Å². The Morgan fingerprint density at radius 3 is 2.52 bits per heavy atom. The van der Waals surface area contributed by atoms with Gasteiger partial charge in [0.15, 0.2) is 5.16 Å². The molecule has 1 unspecified atom stereocenters. The van der Waals surface area contributed by atoms with Crippen LogP contribution in [0.5, 0.6) is 0 Å². The van der Waals surface area contributed by atoms with E-state index in [1.807, 2.05) is 42.7 Å². The molecule has 0 fully saturated rings. The van der Waals surface area contributed by atoms with Crippen LogP contribution in [0, 0.1) is 13.8 Å². The summed E-state index contributed by atoms with van der Waals surface area (Å²) >= 11 is 1.19. The van der Waals surface area contributed by atoms with Gasteiger partial charge in [-0.1, -0.05) is 36.0 Å². The number of benzene rings is 2. The van der Waals surface area contributed by atoms with Crippen molar-refractivity contribution in [3.05, 3.63) is 65.5 Å². The average Bonchev–Trinajstić information content (AvgIpc) is 3.01. The zero-order valence-electron chi connectivity index (χ0n) is 16.0. The van der Waals surface area contributed by atoms with Gasteiger partial charge in [-0.3, -0.25) is 9.36 Å². The molecule has 0 saturated heterocycles. The highest BCUT2D eigenvalue weighted by Gasteiger charge is 2.30. The minimum Gasteiger partial charge on any atom is -0.325 e. The fourth-order valence-corrected chi connectivity index (χ4v) is 3.65. The summed E-state index contributed by atoms with van der Waals surface area (Å²) in [7, 11) is 0. The number of nitrogens with zero attached hydrogens (tertiary/aromatic N) is 3. The van der Waals surface area contributed by atoms with E-state index in [1.165, 1.54) is 23.9 Å².